The van der Waals surface area contributed by atoms with Crippen LogP contribution in [0.5, 0.6) is 11.5 Å². The second kappa shape index (κ2) is 6.93. The molecule has 3 N–H and O–H groups in total. The van der Waals surface area contributed by atoms with Gasteiger partial charge >= 0.3 is 0 Å². The Labute approximate surface area is 117 Å². The van der Waals surface area contributed by atoms with Crippen LogP contribution in [-0.4, -0.2) is 35.1 Å². The van der Waals surface area contributed by atoms with Gasteiger partial charge in [0, 0.05) is 5.92 Å². The van der Waals surface area contributed by atoms with Crippen LogP contribution in [0.25, 0.3) is 11.1 Å². The summed E-state index contributed by atoms with van der Waals surface area (Å²) in [5, 5.41) is 27.2. The monoisotopic (exact) mass is 274 g/mol. The first-order valence-corrected chi connectivity index (χ1v) is 6.47. The van der Waals surface area contributed by atoms with Crippen molar-refractivity contribution in [3.63, 3.8) is 0 Å². The first-order valence-electron chi connectivity index (χ1n) is 6.47. The van der Waals surface area contributed by atoms with Crippen molar-refractivity contribution in [3.05, 3.63) is 48.5 Å². The lowest BCUT2D eigenvalue weighted by Gasteiger charge is -2.12. The predicted octanol–water partition coefficient (Wildman–Crippen LogP) is 2.04. The third kappa shape index (κ3) is 3.73. The molecule has 0 aliphatic carbocycles. The zero-order chi connectivity index (χ0) is 14.4. The van der Waals surface area contributed by atoms with Crippen molar-refractivity contribution in [2.45, 2.75) is 0 Å². The summed E-state index contributed by atoms with van der Waals surface area (Å²) in [4.78, 5) is 0. The van der Waals surface area contributed by atoms with Crippen LogP contribution in [0.4, 0.5) is 0 Å². The van der Waals surface area contributed by atoms with Crippen molar-refractivity contribution < 1.29 is 20.1 Å². The van der Waals surface area contributed by atoms with Gasteiger partial charge in [0.25, 0.3) is 0 Å². The predicted molar refractivity (Wildman–Crippen MR) is 76.7 cm³/mol. The van der Waals surface area contributed by atoms with Gasteiger partial charge in [-0.2, -0.15) is 0 Å². The van der Waals surface area contributed by atoms with Crippen LogP contribution in [0.3, 0.4) is 0 Å². The Morgan fingerprint density at radius 1 is 0.800 bits per heavy atom. The number of benzene rings is 2. The minimum absolute atomic E-state index is 0.0951. The van der Waals surface area contributed by atoms with E-state index in [1.54, 1.807) is 12.1 Å². The first kappa shape index (κ1) is 14.4. The largest absolute Gasteiger partial charge is 0.508 e. The Morgan fingerprint density at radius 2 is 1.30 bits per heavy atom. The minimum atomic E-state index is -0.258. The molecule has 0 aliphatic heterocycles. The minimum Gasteiger partial charge on any atom is -0.508 e. The van der Waals surface area contributed by atoms with Crippen LogP contribution < -0.4 is 4.74 Å². The van der Waals surface area contributed by atoms with Crippen LogP contribution in [0.15, 0.2) is 48.5 Å². The standard InChI is InChI=1S/C16H18O4/c17-9-12(10-18)11-20-16-7-3-14(4-8-16)13-1-5-15(19)6-2-13/h1-8,12,17-19H,9-11H2. The topological polar surface area (TPSA) is 69.9 Å². The van der Waals surface area contributed by atoms with Gasteiger partial charge in [0.15, 0.2) is 0 Å². The van der Waals surface area contributed by atoms with Gasteiger partial charge in [-0.15, -0.1) is 0 Å². The number of aromatic hydroxyl groups is 1. The number of phenolic OH excluding ortho intramolecular Hbond substituents is 1. The van der Waals surface area contributed by atoms with Crippen LogP contribution in [0, 0.1) is 5.92 Å². The smallest absolute Gasteiger partial charge is 0.119 e. The molecule has 4 heteroatoms. The quantitative estimate of drug-likeness (QED) is 0.754. The van der Waals surface area contributed by atoms with Crippen LogP contribution in [0.1, 0.15) is 0 Å². The summed E-state index contributed by atoms with van der Waals surface area (Å²) in [5.41, 5.74) is 2.04. The second-order valence-corrected chi connectivity index (χ2v) is 4.61. The summed E-state index contributed by atoms with van der Waals surface area (Å²) >= 11 is 0. The zero-order valence-electron chi connectivity index (χ0n) is 11.1. The van der Waals surface area contributed by atoms with E-state index in [9.17, 15) is 5.11 Å². The van der Waals surface area contributed by atoms with E-state index in [1.165, 1.54) is 0 Å². The van der Waals surface area contributed by atoms with E-state index in [2.05, 4.69) is 0 Å². The summed E-state index contributed by atoms with van der Waals surface area (Å²) in [5.74, 6) is 0.680. The highest BCUT2D eigenvalue weighted by Crippen LogP contribution is 2.24. The van der Waals surface area contributed by atoms with Crippen LogP contribution >= 0.6 is 0 Å². The van der Waals surface area contributed by atoms with E-state index in [1.807, 2.05) is 36.4 Å². The van der Waals surface area contributed by atoms with E-state index in [4.69, 9.17) is 14.9 Å². The van der Waals surface area contributed by atoms with Crippen molar-refractivity contribution in [1.82, 2.24) is 0 Å². The molecule has 4 nitrogen and oxygen atoms in total. The maximum Gasteiger partial charge on any atom is 0.119 e. The molecular weight excluding hydrogens is 256 g/mol. The molecule has 106 valence electrons. The Morgan fingerprint density at radius 3 is 1.80 bits per heavy atom. The highest BCUT2D eigenvalue weighted by Gasteiger charge is 2.06. The van der Waals surface area contributed by atoms with Gasteiger partial charge in [0.2, 0.25) is 0 Å². The molecule has 0 heterocycles. The average molecular weight is 274 g/mol. The molecular formula is C16H18O4. The number of aliphatic hydroxyl groups excluding tert-OH is 2. The van der Waals surface area contributed by atoms with Crippen molar-refractivity contribution in [2.24, 2.45) is 5.92 Å². The van der Waals surface area contributed by atoms with Gasteiger partial charge in [0.1, 0.15) is 11.5 Å². The van der Waals surface area contributed by atoms with E-state index in [0.717, 1.165) is 11.1 Å². The van der Waals surface area contributed by atoms with Gasteiger partial charge < -0.3 is 20.1 Å². The summed E-state index contributed by atoms with van der Waals surface area (Å²) < 4.78 is 5.50. The molecule has 2 aromatic carbocycles. The molecule has 0 radical (unpaired) electrons. The summed E-state index contributed by atoms with van der Waals surface area (Å²) in [6, 6.07) is 14.5. The fourth-order valence-corrected chi connectivity index (χ4v) is 1.77. The van der Waals surface area contributed by atoms with Crippen molar-refractivity contribution >= 4 is 0 Å². The second-order valence-electron chi connectivity index (χ2n) is 4.61. The zero-order valence-corrected chi connectivity index (χ0v) is 11.1. The SMILES string of the molecule is OCC(CO)COc1ccc(-c2ccc(O)cc2)cc1. The number of hydrogen-bond donors (Lipinski definition) is 3. The normalized spacial score (nSPS) is 10.8. The highest BCUT2D eigenvalue weighted by molar-refractivity contribution is 5.64. The molecule has 0 bridgehead atoms. The van der Waals surface area contributed by atoms with Gasteiger partial charge in [-0.1, -0.05) is 24.3 Å². The van der Waals surface area contributed by atoms with E-state index in [0.29, 0.717) is 5.75 Å². The maximum atomic E-state index is 9.26. The molecule has 0 fully saturated rings. The Kier molecular flexibility index (Phi) is 4.98. The van der Waals surface area contributed by atoms with Crippen molar-refractivity contribution in [1.29, 1.82) is 0 Å². The number of aliphatic hydroxyl groups is 2. The van der Waals surface area contributed by atoms with Crippen molar-refractivity contribution in [3.8, 4) is 22.6 Å². The van der Waals surface area contributed by atoms with Gasteiger partial charge in [0.05, 0.1) is 19.8 Å². The molecule has 0 saturated heterocycles. The van der Waals surface area contributed by atoms with Crippen LogP contribution in [-0.2, 0) is 0 Å². The van der Waals surface area contributed by atoms with E-state index in [-0.39, 0.29) is 31.5 Å². The van der Waals surface area contributed by atoms with Crippen molar-refractivity contribution in [2.75, 3.05) is 19.8 Å². The highest BCUT2D eigenvalue weighted by atomic mass is 16.5. The molecule has 2 rings (SSSR count). The Balaban J connectivity index is 2.01. The molecule has 0 saturated carbocycles. The van der Waals surface area contributed by atoms with Gasteiger partial charge in [-0.25, -0.2) is 0 Å². The molecule has 0 aromatic heterocycles. The fourth-order valence-electron chi connectivity index (χ4n) is 1.77. The van der Waals surface area contributed by atoms with E-state index >= 15 is 0 Å². The lowest BCUT2D eigenvalue weighted by molar-refractivity contribution is 0.106. The lowest BCUT2D eigenvalue weighted by Crippen LogP contribution is -2.19. The molecule has 0 atom stereocenters. The molecule has 0 amide bonds. The van der Waals surface area contributed by atoms with Crippen LogP contribution in [0.2, 0.25) is 0 Å². The number of phenols is 1. The fraction of sp³-hybridized carbons (Fsp3) is 0.250. The third-order valence-corrected chi connectivity index (χ3v) is 3.06. The molecule has 2 aromatic rings. The number of rotatable bonds is 6. The molecule has 20 heavy (non-hydrogen) atoms. The maximum absolute atomic E-state index is 9.26. The lowest BCUT2D eigenvalue weighted by atomic mass is 10.1. The summed E-state index contributed by atoms with van der Waals surface area (Å²) in [6.07, 6.45) is 0. The molecule has 0 aliphatic rings. The Bertz CT molecular complexity index is 515. The summed E-state index contributed by atoms with van der Waals surface area (Å²) in [7, 11) is 0. The number of ether oxygens (including phenoxy) is 1. The third-order valence-electron chi connectivity index (χ3n) is 3.06. The Hall–Kier alpha value is -2.04. The summed E-state index contributed by atoms with van der Waals surface area (Å²) in [6.45, 7) is 0.0930. The molecule has 0 spiro atoms. The van der Waals surface area contributed by atoms with E-state index < -0.39 is 0 Å². The molecule has 0 unspecified atom stereocenters. The average Bonchev–Trinajstić information content (AvgIpc) is 2.50. The first-order chi connectivity index (χ1) is 9.72. The van der Waals surface area contributed by atoms with Gasteiger partial charge in [-0.3, -0.25) is 0 Å². The van der Waals surface area contributed by atoms with Gasteiger partial charge in [-0.05, 0) is 35.4 Å². The number of hydrogen-bond acceptors (Lipinski definition) is 4.